The van der Waals surface area contributed by atoms with E-state index in [1.807, 2.05) is 6.07 Å². The van der Waals surface area contributed by atoms with Gasteiger partial charge in [0.05, 0.1) is 25.1 Å². The second-order valence-electron chi connectivity index (χ2n) is 3.48. The third kappa shape index (κ3) is 2.89. The summed E-state index contributed by atoms with van der Waals surface area (Å²) >= 11 is 0. The Kier molecular flexibility index (Phi) is 3.64. The van der Waals surface area contributed by atoms with Crippen molar-refractivity contribution < 1.29 is 4.74 Å². The van der Waals surface area contributed by atoms with Crippen molar-refractivity contribution in [3.8, 4) is 6.07 Å². The Morgan fingerprint density at radius 1 is 1.56 bits per heavy atom. The maximum absolute atomic E-state index is 8.56. The highest BCUT2D eigenvalue weighted by Crippen LogP contribution is 2.02. The molecule has 1 aromatic heterocycles. The van der Waals surface area contributed by atoms with E-state index in [-0.39, 0.29) is 6.10 Å². The minimum atomic E-state index is 0.159. The van der Waals surface area contributed by atoms with Crippen LogP contribution < -0.4 is 10.6 Å². The zero-order valence-electron chi connectivity index (χ0n) is 8.81. The summed E-state index contributed by atoms with van der Waals surface area (Å²) in [5.74, 6) is 0.660. The van der Waals surface area contributed by atoms with Crippen molar-refractivity contribution in [1.82, 2.24) is 15.3 Å². The van der Waals surface area contributed by atoms with Gasteiger partial charge in [0.1, 0.15) is 11.9 Å². The largest absolute Gasteiger partial charge is 0.374 e. The molecule has 1 atom stereocenters. The fourth-order valence-electron chi connectivity index (χ4n) is 1.45. The van der Waals surface area contributed by atoms with E-state index in [1.165, 1.54) is 6.20 Å². The van der Waals surface area contributed by atoms with Crippen LogP contribution in [0.3, 0.4) is 0 Å². The molecule has 6 nitrogen and oxygen atoms in total. The van der Waals surface area contributed by atoms with Crippen molar-refractivity contribution >= 4 is 5.82 Å². The van der Waals surface area contributed by atoms with E-state index in [0.717, 1.165) is 19.7 Å². The lowest BCUT2D eigenvalue weighted by Gasteiger charge is -2.23. The van der Waals surface area contributed by atoms with Crippen molar-refractivity contribution in [3.63, 3.8) is 0 Å². The summed E-state index contributed by atoms with van der Waals surface area (Å²) in [5, 5.41) is 14.9. The average molecular weight is 219 g/mol. The summed E-state index contributed by atoms with van der Waals surface area (Å²) in [7, 11) is 0. The van der Waals surface area contributed by atoms with Gasteiger partial charge in [-0.2, -0.15) is 5.26 Å². The minimum Gasteiger partial charge on any atom is -0.374 e. The molecule has 2 rings (SSSR count). The zero-order valence-corrected chi connectivity index (χ0v) is 8.81. The molecule has 1 aliphatic rings. The van der Waals surface area contributed by atoms with E-state index in [4.69, 9.17) is 10.00 Å². The Morgan fingerprint density at radius 3 is 3.12 bits per heavy atom. The second-order valence-corrected chi connectivity index (χ2v) is 3.48. The van der Waals surface area contributed by atoms with Gasteiger partial charge in [0.2, 0.25) is 0 Å². The first kappa shape index (κ1) is 10.8. The molecule has 1 fully saturated rings. The van der Waals surface area contributed by atoms with Gasteiger partial charge in [-0.1, -0.05) is 0 Å². The quantitative estimate of drug-likeness (QED) is 0.729. The molecule has 0 aromatic carbocycles. The molecule has 0 bridgehead atoms. The number of nitrogens with zero attached hydrogens (tertiary/aromatic N) is 3. The first-order valence-corrected chi connectivity index (χ1v) is 5.17. The molecule has 84 valence electrons. The van der Waals surface area contributed by atoms with Crippen LogP contribution in [0.25, 0.3) is 0 Å². The van der Waals surface area contributed by atoms with Crippen LogP contribution in [0, 0.1) is 11.3 Å². The molecule has 0 radical (unpaired) electrons. The summed E-state index contributed by atoms with van der Waals surface area (Å²) < 4.78 is 5.52. The summed E-state index contributed by atoms with van der Waals surface area (Å²) in [6.07, 6.45) is 3.16. The number of hydrogen-bond donors (Lipinski definition) is 2. The highest BCUT2D eigenvalue weighted by Gasteiger charge is 2.12. The minimum absolute atomic E-state index is 0.159. The lowest BCUT2D eigenvalue weighted by Crippen LogP contribution is -2.42. The van der Waals surface area contributed by atoms with Crippen molar-refractivity contribution in [1.29, 1.82) is 5.26 Å². The lowest BCUT2D eigenvalue weighted by atomic mass is 10.3. The Labute approximate surface area is 93.7 Å². The number of ether oxygens (including phenoxy) is 1. The maximum atomic E-state index is 8.56. The number of aromatic nitrogens is 2. The molecule has 1 saturated heterocycles. The average Bonchev–Trinajstić information content (AvgIpc) is 2.38. The molecular formula is C10H13N5O. The highest BCUT2D eigenvalue weighted by atomic mass is 16.5. The van der Waals surface area contributed by atoms with Crippen LogP contribution in [0.4, 0.5) is 5.82 Å². The van der Waals surface area contributed by atoms with Gasteiger partial charge in [-0.05, 0) is 0 Å². The van der Waals surface area contributed by atoms with Gasteiger partial charge in [-0.15, -0.1) is 0 Å². The van der Waals surface area contributed by atoms with Gasteiger partial charge in [0, 0.05) is 19.6 Å². The van der Waals surface area contributed by atoms with E-state index in [2.05, 4.69) is 20.6 Å². The van der Waals surface area contributed by atoms with Crippen LogP contribution in [-0.2, 0) is 4.74 Å². The van der Waals surface area contributed by atoms with Gasteiger partial charge >= 0.3 is 0 Å². The molecule has 2 N–H and O–H groups in total. The van der Waals surface area contributed by atoms with E-state index in [9.17, 15) is 0 Å². The van der Waals surface area contributed by atoms with Crippen LogP contribution in [0.1, 0.15) is 5.69 Å². The van der Waals surface area contributed by atoms with Gasteiger partial charge < -0.3 is 15.4 Å². The monoisotopic (exact) mass is 219 g/mol. The van der Waals surface area contributed by atoms with E-state index < -0.39 is 0 Å². The van der Waals surface area contributed by atoms with Crippen LogP contribution >= 0.6 is 0 Å². The third-order valence-electron chi connectivity index (χ3n) is 2.28. The van der Waals surface area contributed by atoms with Gasteiger partial charge in [-0.25, -0.2) is 9.97 Å². The number of rotatable bonds is 3. The first-order chi connectivity index (χ1) is 7.88. The van der Waals surface area contributed by atoms with Crippen molar-refractivity contribution in [2.45, 2.75) is 6.10 Å². The second kappa shape index (κ2) is 5.39. The smallest absolute Gasteiger partial charge is 0.158 e. The maximum Gasteiger partial charge on any atom is 0.158 e. The molecule has 6 heteroatoms. The van der Waals surface area contributed by atoms with E-state index in [1.54, 1.807) is 6.20 Å². The Morgan fingerprint density at radius 2 is 2.50 bits per heavy atom. The molecule has 0 saturated carbocycles. The summed E-state index contributed by atoms with van der Waals surface area (Å²) in [6.45, 7) is 3.18. The zero-order chi connectivity index (χ0) is 11.2. The predicted molar refractivity (Wildman–Crippen MR) is 57.8 cm³/mol. The van der Waals surface area contributed by atoms with Gasteiger partial charge in [-0.3, -0.25) is 0 Å². The molecule has 0 aliphatic carbocycles. The van der Waals surface area contributed by atoms with Crippen molar-refractivity contribution in [2.75, 3.05) is 31.6 Å². The number of anilines is 1. The van der Waals surface area contributed by atoms with Crippen LogP contribution in [-0.4, -0.2) is 42.3 Å². The Hall–Kier alpha value is -1.71. The SMILES string of the molecule is N#Cc1cnc(NCC2CNCCO2)cn1. The third-order valence-corrected chi connectivity index (χ3v) is 2.28. The Bertz CT molecular complexity index is 366. The molecule has 2 heterocycles. The predicted octanol–water partition coefficient (Wildman–Crippen LogP) is -0.251. The normalized spacial score (nSPS) is 20.1. The summed E-state index contributed by atoms with van der Waals surface area (Å²) in [6, 6.07) is 1.92. The van der Waals surface area contributed by atoms with Crippen molar-refractivity contribution in [2.24, 2.45) is 0 Å². The lowest BCUT2D eigenvalue weighted by molar-refractivity contribution is 0.0372. The van der Waals surface area contributed by atoms with Gasteiger partial charge in [0.25, 0.3) is 0 Å². The highest BCUT2D eigenvalue weighted by molar-refractivity contribution is 5.33. The Balaban J connectivity index is 1.82. The molecule has 16 heavy (non-hydrogen) atoms. The number of morpholine rings is 1. The number of hydrogen-bond acceptors (Lipinski definition) is 6. The number of nitrogens with one attached hydrogen (secondary N) is 2. The summed E-state index contributed by atoms with van der Waals surface area (Å²) in [5.41, 5.74) is 0.320. The van der Waals surface area contributed by atoms with Gasteiger partial charge in [0.15, 0.2) is 5.69 Å². The molecular weight excluding hydrogens is 206 g/mol. The standard InChI is InChI=1S/C10H13N5O/c11-3-8-4-14-10(7-13-8)15-6-9-5-12-1-2-16-9/h4,7,9,12H,1-2,5-6H2,(H,14,15). The van der Waals surface area contributed by atoms with Crippen LogP contribution in [0.15, 0.2) is 12.4 Å². The number of nitriles is 1. The molecule has 0 spiro atoms. The van der Waals surface area contributed by atoms with Crippen LogP contribution in [0.5, 0.6) is 0 Å². The van der Waals surface area contributed by atoms with Crippen molar-refractivity contribution in [3.05, 3.63) is 18.1 Å². The van der Waals surface area contributed by atoms with E-state index in [0.29, 0.717) is 18.1 Å². The summed E-state index contributed by atoms with van der Waals surface area (Å²) in [4.78, 5) is 7.98. The fourth-order valence-corrected chi connectivity index (χ4v) is 1.45. The van der Waals surface area contributed by atoms with E-state index >= 15 is 0 Å². The molecule has 1 aromatic rings. The topological polar surface area (TPSA) is 82.9 Å². The molecule has 1 aliphatic heterocycles. The van der Waals surface area contributed by atoms with Crippen LogP contribution in [0.2, 0.25) is 0 Å². The molecule has 1 unspecified atom stereocenters. The molecule has 0 amide bonds. The fraction of sp³-hybridized carbons (Fsp3) is 0.500. The first-order valence-electron chi connectivity index (χ1n) is 5.17.